The van der Waals surface area contributed by atoms with E-state index in [1.54, 1.807) is 0 Å². The van der Waals surface area contributed by atoms with E-state index in [4.69, 9.17) is 11.6 Å². The molecule has 98 valence electrons. The number of unbranched alkanes of at least 4 members (excludes halogenated alkanes) is 1. The van der Waals surface area contributed by atoms with Crippen LogP contribution in [0.15, 0.2) is 0 Å². The van der Waals surface area contributed by atoms with Crippen molar-refractivity contribution in [1.29, 1.82) is 0 Å². The summed E-state index contributed by atoms with van der Waals surface area (Å²) < 4.78 is 52.5. The van der Waals surface area contributed by atoms with E-state index < -0.39 is 23.1 Å². The van der Waals surface area contributed by atoms with Gasteiger partial charge in [-0.2, -0.15) is 0 Å². The highest BCUT2D eigenvalue weighted by Crippen LogP contribution is 1.96. The Labute approximate surface area is 99.4 Å². The number of hydrogen-bond acceptors (Lipinski definition) is 3. The molecule has 0 saturated carbocycles. The topological polar surface area (TPSA) is 55.4 Å². The predicted octanol–water partition coefficient (Wildman–Crippen LogP) is 1.21. The molecule has 4 nitrogen and oxygen atoms in total. The summed E-state index contributed by atoms with van der Waals surface area (Å²) in [6.07, 6.45) is -1.42. The van der Waals surface area contributed by atoms with Gasteiger partial charge in [0.25, 0.3) is 6.43 Å². The number of hydrogen-bond donors (Lipinski definition) is 1. The third-order valence-corrected chi connectivity index (χ3v) is 3.35. The molecule has 0 aliphatic rings. The van der Waals surface area contributed by atoms with Crippen molar-refractivity contribution in [1.82, 2.24) is 4.72 Å². The summed E-state index contributed by atoms with van der Waals surface area (Å²) in [5.74, 6) is 0.418. The van der Waals surface area contributed by atoms with Crippen molar-refractivity contribution in [2.75, 3.05) is 31.4 Å². The zero-order valence-corrected chi connectivity index (χ0v) is 10.4. The van der Waals surface area contributed by atoms with Gasteiger partial charge in [0.15, 0.2) is 0 Å². The second-order valence-corrected chi connectivity index (χ2v) is 5.38. The Morgan fingerprint density at radius 2 is 2.00 bits per heavy atom. The first-order chi connectivity index (χ1) is 7.48. The highest BCUT2D eigenvalue weighted by molar-refractivity contribution is 7.89. The number of halogens is 3. The Hall–Kier alpha value is 0.0200. The van der Waals surface area contributed by atoms with Crippen LogP contribution in [-0.2, 0) is 14.8 Å². The molecule has 0 aromatic rings. The molecule has 0 spiro atoms. The lowest BCUT2D eigenvalue weighted by molar-refractivity contribution is 0.0199. The van der Waals surface area contributed by atoms with Gasteiger partial charge in [-0.05, 0) is 12.8 Å². The van der Waals surface area contributed by atoms with Gasteiger partial charge in [0.05, 0.1) is 12.4 Å². The minimum atomic E-state index is -3.33. The lowest BCUT2D eigenvalue weighted by Crippen LogP contribution is -2.30. The van der Waals surface area contributed by atoms with E-state index >= 15 is 0 Å². The van der Waals surface area contributed by atoms with E-state index in [1.165, 1.54) is 0 Å². The van der Waals surface area contributed by atoms with Gasteiger partial charge in [-0.15, -0.1) is 11.6 Å². The lowest BCUT2D eigenvalue weighted by Gasteiger charge is -2.06. The van der Waals surface area contributed by atoms with Crippen LogP contribution in [0.4, 0.5) is 8.78 Å². The van der Waals surface area contributed by atoms with Crippen molar-refractivity contribution in [2.24, 2.45) is 0 Å². The molecular weight excluding hydrogens is 264 g/mol. The quantitative estimate of drug-likeness (QED) is 0.483. The van der Waals surface area contributed by atoms with Gasteiger partial charge in [0.2, 0.25) is 10.0 Å². The molecule has 0 saturated heterocycles. The van der Waals surface area contributed by atoms with Crippen LogP contribution in [0.1, 0.15) is 12.8 Å². The normalized spacial score (nSPS) is 12.2. The van der Waals surface area contributed by atoms with E-state index in [2.05, 4.69) is 9.46 Å². The standard InChI is InChI=1S/C8H16ClF2NO3S/c9-3-1-2-6-16(13,14)12-4-5-15-7-8(10)11/h8,12H,1-7H2. The van der Waals surface area contributed by atoms with Gasteiger partial charge < -0.3 is 4.74 Å². The van der Waals surface area contributed by atoms with Crippen LogP contribution in [0.5, 0.6) is 0 Å². The Morgan fingerprint density at radius 1 is 1.31 bits per heavy atom. The molecule has 0 aromatic carbocycles. The lowest BCUT2D eigenvalue weighted by atomic mass is 10.4. The van der Waals surface area contributed by atoms with Crippen molar-refractivity contribution in [3.05, 3.63) is 0 Å². The van der Waals surface area contributed by atoms with Crippen LogP contribution in [0, 0.1) is 0 Å². The molecule has 1 N–H and O–H groups in total. The van der Waals surface area contributed by atoms with Gasteiger partial charge in [-0.3, -0.25) is 0 Å². The molecule has 0 fully saturated rings. The second-order valence-electron chi connectivity index (χ2n) is 3.08. The fraction of sp³-hybridized carbons (Fsp3) is 1.00. The van der Waals surface area contributed by atoms with Gasteiger partial charge in [-0.25, -0.2) is 21.9 Å². The average molecular weight is 280 g/mol. The molecule has 0 aliphatic heterocycles. The van der Waals surface area contributed by atoms with Crippen LogP contribution < -0.4 is 4.72 Å². The molecule has 16 heavy (non-hydrogen) atoms. The SMILES string of the molecule is O=S(=O)(CCCCCl)NCCOCC(F)F. The molecule has 0 bridgehead atoms. The largest absolute Gasteiger partial charge is 0.374 e. The van der Waals surface area contributed by atoms with Crippen LogP contribution in [0.25, 0.3) is 0 Å². The van der Waals surface area contributed by atoms with Crippen molar-refractivity contribution in [3.8, 4) is 0 Å². The number of alkyl halides is 3. The maximum absolute atomic E-state index is 11.6. The van der Waals surface area contributed by atoms with Crippen LogP contribution in [-0.4, -0.2) is 46.2 Å². The van der Waals surface area contributed by atoms with Crippen molar-refractivity contribution in [3.63, 3.8) is 0 Å². The summed E-state index contributed by atoms with van der Waals surface area (Å²) in [7, 11) is -3.33. The average Bonchev–Trinajstić information content (AvgIpc) is 2.16. The molecule has 0 radical (unpaired) electrons. The van der Waals surface area contributed by atoms with Crippen LogP contribution >= 0.6 is 11.6 Å². The Kier molecular flexibility index (Phi) is 9.10. The number of rotatable bonds is 10. The first kappa shape index (κ1) is 16.0. The first-order valence-electron chi connectivity index (χ1n) is 4.87. The zero-order valence-electron chi connectivity index (χ0n) is 8.79. The second kappa shape index (κ2) is 9.09. The van der Waals surface area contributed by atoms with E-state index in [1.807, 2.05) is 0 Å². The summed E-state index contributed by atoms with van der Waals surface area (Å²) in [4.78, 5) is 0. The van der Waals surface area contributed by atoms with Crippen LogP contribution in [0.2, 0.25) is 0 Å². The van der Waals surface area contributed by atoms with E-state index in [0.29, 0.717) is 18.7 Å². The zero-order chi connectivity index (χ0) is 12.4. The fourth-order valence-corrected chi connectivity index (χ4v) is 2.21. The Morgan fingerprint density at radius 3 is 2.56 bits per heavy atom. The molecule has 0 aliphatic carbocycles. The van der Waals surface area contributed by atoms with E-state index in [0.717, 1.165) is 0 Å². The Balaban J connectivity index is 3.51. The van der Waals surface area contributed by atoms with Crippen molar-refractivity contribution >= 4 is 21.6 Å². The minimum Gasteiger partial charge on any atom is -0.374 e. The van der Waals surface area contributed by atoms with E-state index in [9.17, 15) is 17.2 Å². The number of sulfonamides is 1. The van der Waals surface area contributed by atoms with E-state index in [-0.39, 0.29) is 18.9 Å². The highest BCUT2D eigenvalue weighted by atomic mass is 35.5. The van der Waals surface area contributed by atoms with Crippen molar-refractivity contribution in [2.45, 2.75) is 19.3 Å². The third kappa shape index (κ3) is 10.5. The molecule has 0 rings (SSSR count). The molecule has 0 heterocycles. The first-order valence-corrected chi connectivity index (χ1v) is 7.06. The highest BCUT2D eigenvalue weighted by Gasteiger charge is 2.09. The summed E-state index contributed by atoms with van der Waals surface area (Å²) in [6, 6.07) is 0. The minimum absolute atomic E-state index is 0.00539. The maximum Gasteiger partial charge on any atom is 0.261 e. The predicted molar refractivity (Wildman–Crippen MR) is 58.6 cm³/mol. The molecular formula is C8H16ClF2NO3S. The van der Waals surface area contributed by atoms with Gasteiger partial charge in [-0.1, -0.05) is 0 Å². The van der Waals surface area contributed by atoms with Gasteiger partial charge in [0.1, 0.15) is 6.61 Å². The molecule has 0 unspecified atom stereocenters. The smallest absolute Gasteiger partial charge is 0.261 e. The molecule has 8 heteroatoms. The number of ether oxygens (including phenoxy) is 1. The number of nitrogens with one attached hydrogen (secondary N) is 1. The third-order valence-electron chi connectivity index (χ3n) is 1.61. The summed E-state index contributed by atoms with van der Waals surface area (Å²) in [6.45, 7) is -0.719. The summed E-state index contributed by atoms with van der Waals surface area (Å²) in [5, 5.41) is 0. The summed E-state index contributed by atoms with van der Waals surface area (Å²) in [5.41, 5.74) is 0. The van der Waals surface area contributed by atoms with Crippen molar-refractivity contribution < 1.29 is 21.9 Å². The van der Waals surface area contributed by atoms with Gasteiger partial charge >= 0.3 is 0 Å². The molecule has 0 amide bonds. The fourth-order valence-electron chi connectivity index (χ4n) is 0.900. The Bertz CT molecular complexity index is 262. The summed E-state index contributed by atoms with van der Waals surface area (Å²) >= 11 is 5.40. The monoisotopic (exact) mass is 279 g/mol. The molecule has 0 atom stereocenters. The molecule has 0 aromatic heterocycles. The van der Waals surface area contributed by atoms with Gasteiger partial charge in [0, 0.05) is 12.4 Å². The van der Waals surface area contributed by atoms with Crippen LogP contribution in [0.3, 0.4) is 0 Å². The maximum atomic E-state index is 11.6.